The molecule has 2 amide bonds. The molecule has 114 valence electrons. The Morgan fingerprint density at radius 3 is 2.95 bits per heavy atom. The van der Waals surface area contributed by atoms with Gasteiger partial charge in [-0.2, -0.15) is 0 Å². The smallest absolute Gasteiger partial charge is 0.257 e. The van der Waals surface area contributed by atoms with Gasteiger partial charge in [0.2, 0.25) is 5.91 Å². The van der Waals surface area contributed by atoms with E-state index in [-0.39, 0.29) is 17.9 Å². The maximum absolute atomic E-state index is 12.4. The lowest BCUT2D eigenvalue weighted by molar-refractivity contribution is -0.132. The van der Waals surface area contributed by atoms with Crippen molar-refractivity contribution in [1.29, 1.82) is 0 Å². The summed E-state index contributed by atoms with van der Waals surface area (Å²) in [5, 5.41) is 2.93. The number of carbonyl (C=O) groups excluding carboxylic acids is 2. The zero-order valence-electron chi connectivity index (χ0n) is 12.4. The molecule has 1 aromatic carbocycles. The molecular weight excluding hydrogens is 270 g/mol. The van der Waals surface area contributed by atoms with Crippen LogP contribution in [0.5, 0.6) is 5.75 Å². The fraction of sp³-hybridized carbons (Fsp3) is 0.467. The molecular formula is C15H21N3O3. The lowest BCUT2D eigenvalue weighted by Crippen LogP contribution is -2.48. The molecule has 1 heterocycles. The minimum atomic E-state index is -0.260. The van der Waals surface area contributed by atoms with Crippen molar-refractivity contribution in [3.05, 3.63) is 23.8 Å². The monoisotopic (exact) mass is 291 g/mol. The van der Waals surface area contributed by atoms with Gasteiger partial charge < -0.3 is 20.7 Å². The van der Waals surface area contributed by atoms with Crippen LogP contribution >= 0.6 is 0 Å². The van der Waals surface area contributed by atoms with Crippen molar-refractivity contribution in [2.45, 2.75) is 25.8 Å². The quantitative estimate of drug-likeness (QED) is 0.811. The Kier molecular flexibility index (Phi) is 4.67. The molecule has 1 aliphatic heterocycles. The zero-order chi connectivity index (χ0) is 15.4. The van der Waals surface area contributed by atoms with E-state index in [0.29, 0.717) is 43.0 Å². The van der Waals surface area contributed by atoms with Gasteiger partial charge in [-0.25, -0.2) is 0 Å². The summed E-state index contributed by atoms with van der Waals surface area (Å²) >= 11 is 0. The standard InChI is InChI=1S/C15H21N3O3/c1-3-21-12-6-4-5-11(16)14(12)15(20)17-10-7-8-13(19)18(2)9-10/h4-6,10H,3,7-9,16H2,1-2H3,(H,17,20). The summed E-state index contributed by atoms with van der Waals surface area (Å²) in [6.45, 7) is 2.83. The van der Waals surface area contributed by atoms with Gasteiger partial charge >= 0.3 is 0 Å². The van der Waals surface area contributed by atoms with Gasteiger partial charge in [-0.05, 0) is 25.5 Å². The third-order valence-electron chi connectivity index (χ3n) is 3.55. The largest absolute Gasteiger partial charge is 0.493 e. The van der Waals surface area contributed by atoms with E-state index in [0.717, 1.165) is 0 Å². The van der Waals surface area contributed by atoms with Gasteiger partial charge in [0, 0.05) is 31.7 Å². The second-order valence-electron chi connectivity index (χ2n) is 5.14. The van der Waals surface area contributed by atoms with E-state index < -0.39 is 0 Å². The molecule has 0 aromatic heterocycles. The lowest BCUT2D eigenvalue weighted by Gasteiger charge is -2.30. The van der Waals surface area contributed by atoms with Crippen LogP contribution in [-0.2, 0) is 4.79 Å². The molecule has 0 saturated carbocycles. The number of nitrogens with one attached hydrogen (secondary N) is 1. The fourth-order valence-corrected chi connectivity index (χ4v) is 2.45. The Hall–Kier alpha value is -2.24. The predicted octanol–water partition coefficient (Wildman–Crippen LogP) is 1.02. The Labute approximate surface area is 124 Å². The molecule has 6 nitrogen and oxygen atoms in total. The topological polar surface area (TPSA) is 84.7 Å². The van der Waals surface area contributed by atoms with Gasteiger partial charge in [-0.15, -0.1) is 0 Å². The Morgan fingerprint density at radius 2 is 2.29 bits per heavy atom. The highest BCUT2D eigenvalue weighted by atomic mass is 16.5. The number of ether oxygens (including phenoxy) is 1. The highest BCUT2D eigenvalue weighted by Crippen LogP contribution is 2.25. The summed E-state index contributed by atoms with van der Waals surface area (Å²) in [6.07, 6.45) is 1.09. The second-order valence-corrected chi connectivity index (χ2v) is 5.14. The van der Waals surface area contributed by atoms with Crippen molar-refractivity contribution in [3.8, 4) is 5.75 Å². The highest BCUT2D eigenvalue weighted by Gasteiger charge is 2.26. The number of amides is 2. The molecule has 0 spiro atoms. The van der Waals surface area contributed by atoms with Crippen molar-refractivity contribution < 1.29 is 14.3 Å². The Balaban J connectivity index is 2.12. The molecule has 1 fully saturated rings. The number of likely N-dealkylation sites (tertiary alicyclic amines) is 1. The van der Waals surface area contributed by atoms with Crippen molar-refractivity contribution in [3.63, 3.8) is 0 Å². The van der Waals surface area contributed by atoms with E-state index in [2.05, 4.69) is 5.32 Å². The van der Waals surface area contributed by atoms with Crippen molar-refractivity contribution in [1.82, 2.24) is 10.2 Å². The Bertz CT molecular complexity index is 545. The van der Waals surface area contributed by atoms with E-state index in [4.69, 9.17) is 10.5 Å². The minimum Gasteiger partial charge on any atom is -0.493 e. The first-order valence-corrected chi connectivity index (χ1v) is 7.09. The van der Waals surface area contributed by atoms with Gasteiger partial charge in [0.25, 0.3) is 5.91 Å². The summed E-state index contributed by atoms with van der Waals surface area (Å²) in [6, 6.07) is 5.10. The lowest BCUT2D eigenvalue weighted by atomic mass is 10.0. The van der Waals surface area contributed by atoms with Crippen molar-refractivity contribution >= 4 is 17.5 Å². The van der Waals surface area contributed by atoms with Gasteiger partial charge in [-0.1, -0.05) is 6.07 Å². The summed E-state index contributed by atoms with van der Waals surface area (Å²) in [5.41, 5.74) is 6.65. The van der Waals surface area contributed by atoms with E-state index in [1.54, 1.807) is 30.1 Å². The van der Waals surface area contributed by atoms with Crippen LogP contribution < -0.4 is 15.8 Å². The maximum Gasteiger partial charge on any atom is 0.257 e. The number of piperidine rings is 1. The molecule has 1 unspecified atom stereocenters. The number of rotatable bonds is 4. The molecule has 1 saturated heterocycles. The molecule has 0 aliphatic carbocycles. The fourth-order valence-electron chi connectivity index (χ4n) is 2.45. The number of nitrogen functional groups attached to an aromatic ring is 1. The van der Waals surface area contributed by atoms with Crippen LogP contribution in [0.4, 0.5) is 5.69 Å². The van der Waals surface area contributed by atoms with Crippen molar-refractivity contribution in [2.24, 2.45) is 0 Å². The second kappa shape index (κ2) is 6.47. The molecule has 0 radical (unpaired) electrons. The predicted molar refractivity (Wildman–Crippen MR) is 80.1 cm³/mol. The molecule has 21 heavy (non-hydrogen) atoms. The van der Waals surface area contributed by atoms with E-state index >= 15 is 0 Å². The number of benzene rings is 1. The molecule has 0 bridgehead atoms. The van der Waals surface area contributed by atoms with E-state index in [9.17, 15) is 9.59 Å². The number of likely N-dealkylation sites (N-methyl/N-ethyl adjacent to an activating group) is 1. The summed E-state index contributed by atoms with van der Waals surface area (Å²) in [4.78, 5) is 25.5. The first kappa shape index (κ1) is 15.2. The molecule has 3 N–H and O–H groups in total. The third kappa shape index (κ3) is 3.45. The average Bonchev–Trinajstić information content (AvgIpc) is 2.43. The van der Waals surface area contributed by atoms with Gasteiger partial charge in [0.1, 0.15) is 11.3 Å². The number of hydrogen-bond acceptors (Lipinski definition) is 4. The maximum atomic E-state index is 12.4. The Morgan fingerprint density at radius 1 is 1.52 bits per heavy atom. The van der Waals surface area contributed by atoms with Crippen LogP contribution in [0.25, 0.3) is 0 Å². The third-order valence-corrected chi connectivity index (χ3v) is 3.55. The van der Waals surface area contributed by atoms with Crippen LogP contribution in [0.15, 0.2) is 18.2 Å². The first-order valence-electron chi connectivity index (χ1n) is 7.09. The van der Waals surface area contributed by atoms with E-state index in [1.165, 1.54) is 0 Å². The van der Waals surface area contributed by atoms with Crippen LogP contribution in [0.1, 0.15) is 30.1 Å². The summed E-state index contributed by atoms with van der Waals surface area (Å²) < 4.78 is 5.46. The number of anilines is 1. The zero-order valence-corrected chi connectivity index (χ0v) is 12.4. The summed E-state index contributed by atoms with van der Waals surface area (Å²) in [7, 11) is 1.74. The molecule has 6 heteroatoms. The van der Waals surface area contributed by atoms with Crippen LogP contribution in [0.2, 0.25) is 0 Å². The average molecular weight is 291 g/mol. The number of nitrogens with two attached hydrogens (primary N) is 1. The number of hydrogen-bond donors (Lipinski definition) is 2. The molecule has 1 aliphatic rings. The minimum absolute atomic E-state index is 0.0608. The molecule has 2 rings (SSSR count). The SMILES string of the molecule is CCOc1cccc(N)c1C(=O)NC1CCC(=O)N(C)C1. The van der Waals surface area contributed by atoms with Gasteiger partial charge in [0.05, 0.1) is 6.61 Å². The van der Waals surface area contributed by atoms with Crippen molar-refractivity contribution in [2.75, 3.05) is 25.9 Å². The van der Waals surface area contributed by atoms with Crippen LogP contribution in [0, 0.1) is 0 Å². The highest BCUT2D eigenvalue weighted by molar-refractivity contribution is 6.02. The molecule has 1 atom stereocenters. The number of carbonyl (C=O) groups is 2. The molecule has 1 aromatic rings. The van der Waals surface area contributed by atoms with Crippen LogP contribution in [-0.4, -0.2) is 43.0 Å². The number of nitrogens with zero attached hydrogens (tertiary/aromatic N) is 1. The van der Waals surface area contributed by atoms with E-state index in [1.807, 2.05) is 6.92 Å². The summed E-state index contributed by atoms with van der Waals surface area (Å²) in [5.74, 6) is 0.328. The van der Waals surface area contributed by atoms with Gasteiger partial charge in [0.15, 0.2) is 0 Å². The first-order chi connectivity index (χ1) is 10.0. The van der Waals surface area contributed by atoms with Gasteiger partial charge in [-0.3, -0.25) is 9.59 Å². The van der Waals surface area contributed by atoms with Crippen LogP contribution in [0.3, 0.4) is 0 Å². The normalized spacial score (nSPS) is 18.5.